The molecule has 0 heterocycles. The molecular weight excluding hydrogens is 970 g/mol. The summed E-state index contributed by atoms with van der Waals surface area (Å²) in [5.41, 5.74) is 0. The van der Waals surface area contributed by atoms with E-state index < -0.39 is 0 Å². The second kappa shape index (κ2) is 35.9. The molecule has 0 atom stereocenters. The molecule has 0 saturated carbocycles. The molecule has 0 amide bonds. The van der Waals surface area contributed by atoms with Gasteiger partial charge in [0.1, 0.15) is 0 Å². The fourth-order valence-electron chi connectivity index (χ4n) is 0. The Hall–Kier alpha value is 4.03. The topological polar surface area (TPSA) is 0 Å². The van der Waals surface area contributed by atoms with E-state index in [1.807, 2.05) is 0 Å². The Bertz CT molecular complexity index is 3.90. The summed E-state index contributed by atoms with van der Waals surface area (Å²) < 4.78 is 0. The van der Waals surface area contributed by atoms with Gasteiger partial charge in [-0.1, -0.05) is 0 Å². The van der Waals surface area contributed by atoms with Crippen LogP contribution in [0.4, 0.5) is 0 Å². The SMILES string of the molecule is [V].[W].[W].[W].[W].[W]. The van der Waals surface area contributed by atoms with Crippen LogP contribution in [0.25, 0.3) is 0 Å². The summed E-state index contributed by atoms with van der Waals surface area (Å²) in [6.45, 7) is 0. The molecule has 6 heavy (non-hydrogen) atoms. The van der Waals surface area contributed by atoms with Crippen molar-refractivity contribution in [2.45, 2.75) is 0 Å². The molecule has 0 aliphatic heterocycles. The second-order valence-corrected chi connectivity index (χ2v) is 0. The van der Waals surface area contributed by atoms with Crippen LogP contribution in [-0.4, -0.2) is 0 Å². The summed E-state index contributed by atoms with van der Waals surface area (Å²) in [5, 5.41) is 0. The van der Waals surface area contributed by atoms with Gasteiger partial charge in [0.05, 0.1) is 0 Å². The summed E-state index contributed by atoms with van der Waals surface area (Å²) in [5.74, 6) is 0. The van der Waals surface area contributed by atoms with Gasteiger partial charge in [-0.05, 0) is 0 Å². The van der Waals surface area contributed by atoms with Gasteiger partial charge >= 0.3 is 0 Å². The van der Waals surface area contributed by atoms with E-state index in [9.17, 15) is 0 Å². The molecule has 0 fully saturated rings. The Balaban J connectivity index is 0. The molecule has 0 N–H and O–H groups in total. The van der Waals surface area contributed by atoms with Gasteiger partial charge in [0.25, 0.3) is 0 Å². The van der Waals surface area contributed by atoms with Crippen LogP contribution in [0, 0.1) is 0 Å². The Kier molecular flexibility index (Phi) is 301. The average molecular weight is 970 g/mol. The zero-order valence-corrected chi connectivity index (χ0v) is 18.6. The van der Waals surface area contributed by atoms with Crippen molar-refractivity contribution in [3.8, 4) is 0 Å². The van der Waals surface area contributed by atoms with E-state index in [-0.39, 0.29) is 124 Å². The third kappa shape index (κ3) is 24.4. The van der Waals surface area contributed by atoms with E-state index in [1.165, 1.54) is 0 Å². The van der Waals surface area contributed by atoms with E-state index in [1.54, 1.807) is 0 Å². The minimum Gasteiger partial charge on any atom is 0 e. The van der Waals surface area contributed by atoms with E-state index in [0.29, 0.717) is 0 Å². The van der Waals surface area contributed by atoms with Crippen molar-refractivity contribution < 1.29 is 124 Å². The van der Waals surface area contributed by atoms with Gasteiger partial charge in [-0.2, -0.15) is 0 Å². The molecule has 0 aliphatic rings. The quantitative estimate of drug-likeness (QED) is 0.321. The van der Waals surface area contributed by atoms with E-state index in [4.69, 9.17) is 0 Å². The van der Waals surface area contributed by atoms with E-state index in [0.717, 1.165) is 0 Å². The molecule has 1 radical (unpaired) electrons. The summed E-state index contributed by atoms with van der Waals surface area (Å²) in [4.78, 5) is 0. The molecule has 35 valence electrons. The zero-order valence-electron chi connectivity index (χ0n) is 2.49. The summed E-state index contributed by atoms with van der Waals surface area (Å²) in [7, 11) is 0. The first-order valence-electron chi connectivity index (χ1n) is 0. The van der Waals surface area contributed by atoms with Gasteiger partial charge in [-0.15, -0.1) is 0 Å². The zero-order chi connectivity index (χ0) is 0. The minimum atomic E-state index is 0. The predicted molar refractivity (Wildman–Crippen MR) is 0 cm³/mol. The van der Waals surface area contributed by atoms with E-state index in [2.05, 4.69) is 0 Å². The van der Waals surface area contributed by atoms with Gasteiger partial charge in [0.15, 0.2) is 0 Å². The second-order valence-electron chi connectivity index (χ2n) is 0. The van der Waals surface area contributed by atoms with Crippen LogP contribution < -0.4 is 0 Å². The van der Waals surface area contributed by atoms with Crippen LogP contribution in [0.1, 0.15) is 0 Å². The molecule has 0 spiro atoms. The van der Waals surface area contributed by atoms with Crippen LogP contribution >= 0.6 is 0 Å². The molecule has 0 saturated heterocycles. The standard InChI is InChI=1S/V.5W. The molecular formula is VW5. The Morgan fingerprint density at radius 3 is 0.333 bits per heavy atom. The van der Waals surface area contributed by atoms with Crippen LogP contribution in [0.2, 0.25) is 0 Å². The Labute approximate surface area is 121 Å². The normalized spacial score (nSPS) is 0. The first-order chi connectivity index (χ1) is 0. The van der Waals surface area contributed by atoms with Crippen molar-refractivity contribution in [1.82, 2.24) is 0 Å². The van der Waals surface area contributed by atoms with Crippen LogP contribution in [0.15, 0.2) is 0 Å². The van der Waals surface area contributed by atoms with Gasteiger partial charge in [-0.25, -0.2) is 0 Å². The minimum absolute atomic E-state index is 0. The summed E-state index contributed by atoms with van der Waals surface area (Å²) in [6.07, 6.45) is 0. The van der Waals surface area contributed by atoms with Crippen LogP contribution in [0.5, 0.6) is 0 Å². The third-order valence-electron chi connectivity index (χ3n) is 0. The van der Waals surface area contributed by atoms with Crippen molar-refractivity contribution in [1.29, 1.82) is 0 Å². The molecule has 0 nitrogen and oxygen atoms in total. The smallest absolute Gasteiger partial charge is 0 e. The molecule has 0 rings (SSSR count). The van der Waals surface area contributed by atoms with Crippen LogP contribution in [-0.2, 0) is 124 Å². The first kappa shape index (κ1) is 50.4. The van der Waals surface area contributed by atoms with Crippen molar-refractivity contribution in [2.24, 2.45) is 0 Å². The molecule has 0 bridgehead atoms. The number of hydrogen-bond acceptors (Lipinski definition) is 0. The molecule has 6 heteroatoms. The molecule has 0 unspecified atom stereocenters. The summed E-state index contributed by atoms with van der Waals surface area (Å²) in [6, 6.07) is 0. The monoisotopic (exact) mass is 971 g/mol. The maximum absolute atomic E-state index is 0. The first-order valence-corrected chi connectivity index (χ1v) is 0. The predicted octanol–water partition coefficient (Wildman–Crippen LogP) is -0.0150. The maximum Gasteiger partial charge on any atom is 0 e. The molecule has 0 aromatic heterocycles. The van der Waals surface area contributed by atoms with Gasteiger partial charge < -0.3 is 0 Å². The van der Waals surface area contributed by atoms with E-state index >= 15 is 0 Å². The van der Waals surface area contributed by atoms with Crippen molar-refractivity contribution in [3.05, 3.63) is 0 Å². The van der Waals surface area contributed by atoms with Crippen molar-refractivity contribution in [3.63, 3.8) is 0 Å². The Morgan fingerprint density at radius 1 is 0.333 bits per heavy atom. The molecule has 0 aromatic rings. The van der Waals surface area contributed by atoms with Gasteiger partial charge in [0.2, 0.25) is 0 Å². The third-order valence-corrected chi connectivity index (χ3v) is 0. The summed E-state index contributed by atoms with van der Waals surface area (Å²) >= 11 is 0. The largest absolute Gasteiger partial charge is 0 e. The maximum atomic E-state index is 0. The molecule has 0 aromatic carbocycles. The van der Waals surface area contributed by atoms with Crippen LogP contribution in [0.3, 0.4) is 0 Å². The van der Waals surface area contributed by atoms with Gasteiger partial charge in [-0.3, -0.25) is 0 Å². The number of hydrogen-bond donors (Lipinski definition) is 0. The van der Waals surface area contributed by atoms with Crippen molar-refractivity contribution in [2.75, 3.05) is 0 Å². The average Bonchev–Trinajstić information content (AvgIpc) is 0. The Morgan fingerprint density at radius 2 is 0.333 bits per heavy atom. The fraction of sp³-hybridized carbons (Fsp3) is 0. The number of rotatable bonds is 0. The van der Waals surface area contributed by atoms with Gasteiger partial charge in [0, 0.05) is 124 Å². The fourth-order valence-corrected chi connectivity index (χ4v) is 0. The van der Waals surface area contributed by atoms with Crippen molar-refractivity contribution >= 4 is 0 Å². The molecule has 0 aliphatic carbocycles.